The second-order valence-electron chi connectivity index (χ2n) is 3.82. The van der Waals surface area contributed by atoms with Crippen LogP contribution < -0.4 is 11.1 Å². The van der Waals surface area contributed by atoms with Gasteiger partial charge in [-0.25, -0.2) is 4.98 Å². The zero-order valence-electron chi connectivity index (χ0n) is 9.65. The minimum absolute atomic E-state index is 0.156. The van der Waals surface area contributed by atoms with E-state index < -0.39 is 0 Å². The van der Waals surface area contributed by atoms with E-state index in [0.717, 1.165) is 11.3 Å². The summed E-state index contributed by atoms with van der Waals surface area (Å²) >= 11 is 1.41. The van der Waals surface area contributed by atoms with E-state index in [2.05, 4.69) is 10.3 Å². The van der Waals surface area contributed by atoms with Gasteiger partial charge in [-0.1, -0.05) is 0 Å². The number of carbonyl (C=O) groups excluding carboxylic acids is 1. The Labute approximate surface area is 103 Å². The number of carbonyl (C=O) groups is 1. The highest BCUT2D eigenvalue weighted by atomic mass is 32.1. The topological polar surface area (TPSA) is 68.0 Å². The summed E-state index contributed by atoms with van der Waals surface area (Å²) in [5, 5.41) is 5.28. The molecule has 1 amide bonds. The van der Waals surface area contributed by atoms with Gasteiger partial charge in [-0.3, -0.25) is 10.1 Å². The van der Waals surface area contributed by atoms with Gasteiger partial charge in [-0.15, -0.1) is 11.3 Å². The molecule has 5 heteroatoms. The molecule has 17 heavy (non-hydrogen) atoms. The molecule has 3 N–H and O–H groups in total. The second-order valence-corrected chi connectivity index (χ2v) is 4.68. The third kappa shape index (κ3) is 2.62. The average molecular weight is 247 g/mol. The highest BCUT2D eigenvalue weighted by Gasteiger charge is 2.10. The van der Waals surface area contributed by atoms with Crippen LogP contribution in [0.5, 0.6) is 0 Å². The van der Waals surface area contributed by atoms with E-state index in [1.807, 2.05) is 19.2 Å². The number of benzene rings is 1. The fraction of sp³-hybridized carbons (Fsp3) is 0.167. The number of nitrogens with one attached hydrogen (secondary N) is 1. The number of anilines is 2. The Kier molecular flexibility index (Phi) is 3.10. The first-order valence-electron chi connectivity index (χ1n) is 5.16. The molecule has 1 aromatic carbocycles. The van der Waals surface area contributed by atoms with Gasteiger partial charge in [-0.05, 0) is 37.6 Å². The van der Waals surface area contributed by atoms with Crippen LogP contribution in [0.3, 0.4) is 0 Å². The Morgan fingerprint density at radius 2 is 2.18 bits per heavy atom. The minimum Gasteiger partial charge on any atom is -0.399 e. The number of hydrogen-bond acceptors (Lipinski definition) is 4. The molecular weight excluding hydrogens is 234 g/mol. The smallest absolute Gasteiger partial charge is 0.257 e. The molecule has 0 aliphatic carbocycles. The van der Waals surface area contributed by atoms with E-state index in [1.54, 1.807) is 18.2 Å². The number of aromatic nitrogens is 1. The van der Waals surface area contributed by atoms with Crippen molar-refractivity contribution in [1.29, 1.82) is 0 Å². The fourth-order valence-electron chi connectivity index (χ4n) is 1.52. The maximum absolute atomic E-state index is 12.0. The molecule has 0 fully saturated rings. The number of nitrogens with two attached hydrogens (primary N) is 1. The second kappa shape index (κ2) is 4.55. The molecule has 4 nitrogen and oxygen atoms in total. The zero-order chi connectivity index (χ0) is 12.4. The van der Waals surface area contributed by atoms with E-state index >= 15 is 0 Å². The molecule has 0 radical (unpaired) electrons. The van der Waals surface area contributed by atoms with Crippen molar-refractivity contribution < 1.29 is 4.79 Å². The van der Waals surface area contributed by atoms with Gasteiger partial charge in [0.25, 0.3) is 5.91 Å². The van der Waals surface area contributed by atoms with Gasteiger partial charge in [0.05, 0.1) is 5.69 Å². The normalized spacial score (nSPS) is 10.2. The Hall–Kier alpha value is -1.88. The van der Waals surface area contributed by atoms with E-state index in [-0.39, 0.29) is 5.91 Å². The van der Waals surface area contributed by atoms with Crippen LogP contribution in [-0.4, -0.2) is 10.9 Å². The standard InChI is InChI=1S/C12H13N3OS/c1-7-5-9(13)3-4-10(7)11(16)15-12-14-8(2)6-17-12/h3-6H,13H2,1-2H3,(H,14,15,16). The molecule has 0 saturated carbocycles. The van der Waals surface area contributed by atoms with Crippen LogP contribution in [-0.2, 0) is 0 Å². The van der Waals surface area contributed by atoms with Crippen molar-refractivity contribution in [3.8, 4) is 0 Å². The molecule has 2 aromatic rings. The average Bonchev–Trinajstić information content (AvgIpc) is 2.63. The predicted octanol–water partition coefficient (Wildman–Crippen LogP) is 2.59. The van der Waals surface area contributed by atoms with Crippen molar-refractivity contribution >= 4 is 28.1 Å². The van der Waals surface area contributed by atoms with E-state index in [9.17, 15) is 4.79 Å². The fourth-order valence-corrected chi connectivity index (χ4v) is 2.20. The first kappa shape index (κ1) is 11.6. The first-order valence-corrected chi connectivity index (χ1v) is 6.04. The van der Waals surface area contributed by atoms with Crippen LogP contribution in [0.2, 0.25) is 0 Å². The first-order chi connectivity index (χ1) is 8.06. The van der Waals surface area contributed by atoms with Crippen LogP contribution in [0.15, 0.2) is 23.6 Å². The molecule has 0 saturated heterocycles. The highest BCUT2D eigenvalue weighted by molar-refractivity contribution is 7.13. The third-order valence-electron chi connectivity index (χ3n) is 2.33. The number of nitrogen functional groups attached to an aromatic ring is 1. The Morgan fingerprint density at radius 1 is 1.41 bits per heavy atom. The van der Waals surface area contributed by atoms with Gasteiger partial charge >= 0.3 is 0 Å². The molecule has 88 valence electrons. The SMILES string of the molecule is Cc1csc(NC(=O)c2ccc(N)cc2C)n1. The van der Waals surface area contributed by atoms with Crippen LogP contribution in [0.1, 0.15) is 21.6 Å². The van der Waals surface area contributed by atoms with Crippen molar-refractivity contribution in [2.75, 3.05) is 11.1 Å². The summed E-state index contributed by atoms with van der Waals surface area (Å²) in [6, 6.07) is 5.22. The van der Waals surface area contributed by atoms with Gasteiger partial charge in [0.2, 0.25) is 0 Å². The Balaban J connectivity index is 2.20. The summed E-state index contributed by atoms with van der Waals surface area (Å²) in [4.78, 5) is 16.2. The minimum atomic E-state index is -0.156. The van der Waals surface area contributed by atoms with E-state index in [1.165, 1.54) is 11.3 Å². The lowest BCUT2D eigenvalue weighted by Crippen LogP contribution is -2.13. The van der Waals surface area contributed by atoms with Crippen molar-refractivity contribution in [2.45, 2.75) is 13.8 Å². The Bertz CT molecular complexity index is 563. The lowest BCUT2D eigenvalue weighted by molar-refractivity contribution is 0.102. The molecule has 0 spiro atoms. The number of amides is 1. The highest BCUT2D eigenvalue weighted by Crippen LogP contribution is 2.18. The quantitative estimate of drug-likeness (QED) is 0.801. The summed E-state index contributed by atoms with van der Waals surface area (Å²) in [6.45, 7) is 3.75. The van der Waals surface area contributed by atoms with Crippen LogP contribution in [0.25, 0.3) is 0 Å². The maximum atomic E-state index is 12.0. The summed E-state index contributed by atoms with van der Waals surface area (Å²) in [5.41, 5.74) is 8.68. The van der Waals surface area contributed by atoms with Gasteiger partial charge < -0.3 is 5.73 Å². The maximum Gasteiger partial charge on any atom is 0.257 e. The predicted molar refractivity (Wildman–Crippen MR) is 70.4 cm³/mol. The molecule has 2 rings (SSSR count). The number of rotatable bonds is 2. The van der Waals surface area contributed by atoms with Gasteiger partial charge in [-0.2, -0.15) is 0 Å². The molecular formula is C12H13N3OS. The molecule has 1 aromatic heterocycles. The van der Waals surface area contributed by atoms with Crippen molar-refractivity contribution in [1.82, 2.24) is 4.98 Å². The molecule has 0 unspecified atom stereocenters. The molecule has 0 aliphatic heterocycles. The summed E-state index contributed by atoms with van der Waals surface area (Å²) in [7, 11) is 0. The molecule has 0 atom stereocenters. The number of hydrogen-bond donors (Lipinski definition) is 2. The Morgan fingerprint density at radius 3 is 2.76 bits per heavy atom. The van der Waals surface area contributed by atoms with Crippen molar-refractivity contribution in [3.63, 3.8) is 0 Å². The zero-order valence-corrected chi connectivity index (χ0v) is 10.5. The number of thiazole rings is 1. The largest absolute Gasteiger partial charge is 0.399 e. The van der Waals surface area contributed by atoms with Gasteiger partial charge in [0.15, 0.2) is 5.13 Å². The molecule has 0 aliphatic rings. The van der Waals surface area contributed by atoms with Crippen molar-refractivity contribution in [2.24, 2.45) is 0 Å². The number of aryl methyl sites for hydroxylation is 2. The van der Waals surface area contributed by atoms with Gasteiger partial charge in [0, 0.05) is 16.6 Å². The van der Waals surface area contributed by atoms with Crippen LogP contribution >= 0.6 is 11.3 Å². The lowest BCUT2D eigenvalue weighted by atomic mass is 10.1. The monoisotopic (exact) mass is 247 g/mol. The van der Waals surface area contributed by atoms with Crippen molar-refractivity contribution in [3.05, 3.63) is 40.4 Å². The molecule has 0 bridgehead atoms. The third-order valence-corrected chi connectivity index (χ3v) is 3.21. The summed E-state index contributed by atoms with van der Waals surface area (Å²) in [6.07, 6.45) is 0. The lowest BCUT2D eigenvalue weighted by Gasteiger charge is -2.05. The van der Waals surface area contributed by atoms with E-state index in [0.29, 0.717) is 16.4 Å². The summed E-state index contributed by atoms with van der Waals surface area (Å²) in [5.74, 6) is -0.156. The summed E-state index contributed by atoms with van der Waals surface area (Å²) < 4.78 is 0. The van der Waals surface area contributed by atoms with E-state index in [4.69, 9.17) is 5.73 Å². The molecule has 1 heterocycles. The van der Waals surface area contributed by atoms with Gasteiger partial charge in [0.1, 0.15) is 0 Å². The number of nitrogens with zero attached hydrogens (tertiary/aromatic N) is 1. The van der Waals surface area contributed by atoms with Crippen LogP contribution in [0.4, 0.5) is 10.8 Å². The van der Waals surface area contributed by atoms with Crippen LogP contribution in [0, 0.1) is 13.8 Å².